The summed E-state index contributed by atoms with van der Waals surface area (Å²) in [6.45, 7) is 1.14. The first kappa shape index (κ1) is 20.0. The molecule has 3 heterocycles. The molecule has 1 N–H and O–H groups in total. The van der Waals surface area contributed by atoms with Crippen LogP contribution in [-0.2, 0) is 16.1 Å². The molecule has 1 amide bonds. The van der Waals surface area contributed by atoms with Crippen molar-refractivity contribution in [1.29, 1.82) is 0 Å². The van der Waals surface area contributed by atoms with Gasteiger partial charge in [0.25, 0.3) is 0 Å². The average molecular weight is 403 g/mol. The van der Waals surface area contributed by atoms with Gasteiger partial charge < -0.3 is 15.0 Å². The van der Waals surface area contributed by atoms with Crippen LogP contribution in [-0.4, -0.2) is 47.7 Å². The molecule has 7 heteroatoms. The molecule has 1 aliphatic heterocycles. The number of carbonyl (C=O) groups excluding carboxylic acids is 1. The lowest BCUT2D eigenvalue weighted by molar-refractivity contribution is -0.130. The third-order valence-electron chi connectivity index (χ3n) is 5.08. The molecule has 4 rings (SSSR count). The number of hydrogen-bond donors (Lipinski definition) is 1. The lowest BCUT2D eigenvalue weighted by Gasteiger charge is -2.15. The topological polar surface area (TPSA) is 80.2 Å². The molecular weight excluding hydrogens is 378 g/mol. The van der Waals surface area contributed by atoms with E-state index < -0.39 is 0 Å². The van der Waals surface area contributed by atoms with E-state index in [4.69, 9.17) is 9.72 Å². The molecule has 3 aromatic rings. The minimum Gasteiger partial charge on any atom is -0.368 e. The third kappa shape index (κ3) is 4.46. The van der Waals surface area contributed by atoms with Gasteiger partial charge in [-0.1, -0.05) is 24.3 Å². The van der Waals surface area contributed by atoms with E-state index >= 15 is 0 Å². The Morgan fingerprint density at radius 2 is 1.90 bits per heavy atom. The van der Waals surface area contributed by atoms with Crippen LogP contribution in [0.2, 0.25) is 0 Å². The van der Waals surface area contributed by atoms with Crippen molar-refractivity contribution in [3.63, 3.8) is 0 Å². The van der Waals surface area contributed by atoms with Gasteiger partial charge >= 0.3 is 0 Å². The predicted octanol–water partition coefficient (Wildman–Crippen LogP) is 3.07. The molecular formula is C23H25N5O2. The van der Waals surface area contributed by atoms with Crippen LogP contribution in [0.3, 0.4) is 0 Å². The third-order valence-corrected chi connectivity index (χ3v) is 5.08. The number of rotatable bonds is 6. The van der Waals surface area contributed by atoms with E-state index in [0.29, 0.717) is 19.1 Å². The van der Waals surface area contributed by atoms with Gasteiger partial charge in [0.2, 0.25) is 11.9 Å². The Labute approximate surface area is 176 Å². The zero-order valence-electron chi connectivity index (χ0n) is 17.2. The molecule has 0 saturated carbocycles. The highest BCUT2D eigenvalue weighted by Crippen LogP contribution is 2.31. The van der Waals surface area contributed by atoms with Gasteiger partial charge in [-0.05, 0) is 36.1 Å². The van der Waals surface area contributed by atoms with E-state index in [9.17, 15) is 4.79 Å². The second-order valence-corrected chi connectivity index (χ2v) is 7.48. The molecule has 154 valence electrons. The van der Waals surface area contributed by atoms with Crippen LogP contribution < -0.4 is 10.2 Å². The normalized spacial score (nSPS) is 15.7. The molecule has 0 spiro atoms. The smallest absolute Gasteiger partial charge is 0.249 e. The van der Waals surface area contributed by atoms with Crippen molar-refractivity contribution in [3.8, 4) is 22.4 Å². The average Bonchev–Trinajstić information content (AvgIpc) is 3.33. The number of pyridine rings is 1. The number of benzene rings is 1. The number of nitrogens with one attached hydrogen (secondary N) is 1. The number of nitrogens with zero attached hydrogens (tertiary/aromatic N) is 4. The summed E-state index contributed by atoms with van der Waals surface area (Å²) in [6.07, 6.45) is 6.81. The lowest BCUT2D eigenvalue weighted by atomic mass is 10.0. The van der Waals surface area contributed by atoms with E-state index in [1.54, 1.807) is 12.4 Å². The van der Waals surface area contributed by atoms with Crippen LogP contribution in [0.5, 0.6) is 0 Å². The molecule has 0 unspecified atom stereocenters. The highest BCUT2D eigenvalue weighted by molar-refractivity contribution is 5.82. The number of hydrogen-bond acceptors (Lipinski definition) is 6. The summed E-state index contributed by atoms with van der Waals surface area (Å²) in [5, 5.41) is 2.96. The summed E-state index contributed by atoms with van der Waals surface area (Å²) in [5.74, 6) is 0.610. The van der Waals surface area contributed by atoms with Crippen molar-refractivity contribution in [3.05, 3.63) is 60.6 Å². The fourth-order valence-electron chi connectivity index (χ4n) is 3.42. The quantitative estimate of drug-likeness (QED) is 0.681. The monoisotopic (exact) mass is 403 g/mol. The highest BCUT2D eigenvalue weighted by atomic mass is 16.5. The highest BCUT2D eigenvalue weighted by Gasteiger charge is 2.23. The van der Waals surface area contributed by atoms with Crippen LogP contribution in [0.15, 0.2) is 55.0 Å². The molecule has 1 aromatic carbocycles. The summed E-state index contributed by atoms with van der Waals surface area (Å²) in [4.78, 5) is 27.4. The van der Waals surface area contributed by atoms with Gasteiger partial charge in [0.15, 0.2) is 0 Å². The zero-order valence-corrected chi connectivity index (χ0v) is 17.2. The van der Waals surface area contributed by atoms with E-state index in [0.717, 1.165) is 40.8 Å². The second-order valence-electron chi connectivity index (χ2n) is 7.48. The molecule has 7 nitrogen and oxygen atoms in total. The number of anilines is 1. The summed E-state index contributed by atoms with van der Waals surface area (Å²) in [5.41, 5.74) is 4.83. The van der Waals surface area contributed by atoms with Crippen molar-refractivity contribution in [2.45, 2.75) is 25.5 Å². The minimum absolute atomic E-state index is 0.0389. The van der Waals surface area contributed by atoms with Crippen LogP contribution in [0, 0.1) is 0 Å². The van der Waals surface area contributed by atoms with E-state index in [-0.39, 0.29) is 12.0 Å². The predicted molar refractivity (Wildman–Crippen MR) is 116 cm³/mol. The van der Waals surface area contributed by atoms with Crippen molar-refractivity contribution >= 4 is 11.9 Å². The fourth-order valence-corrected chi connectivity index (χ4v) is 3.42. The maximum Gasteiger partial charge on any atom is 0.249 e. The molecule has 1 fully saturated rings. The Hall–Kier alpha value is -3.32. The maximum atomic E-state index is 12.1. The Bertz CT molecular complexity index is 1000. The molecule has 0 radical (unpaired) electrons. The van der Waals surface area contributed by atoms with Crippen LogP contribution in [0.25, 0.3) is 22.4 Å². The van der Waals surface area contributed by atoms with Gasteiger partial charge in [-0.15, -0.1) is 0 Å². The number of ether oxygens (including phenoxy) is 1. The summed E-state index contributed by atoms with van der Waals surface area (Å²) in [6, 6.07) is 12.0. The summed E-state index contributed by atoms with van der Waals surface area (Å²) >= 11 is 0. The van der Waals surface area contributed by atoms with Crippen molar-refractivity contribution in [2.24, 2.45) is 0 Å². The van der Waals surface area contributed by atoms with Gasteiger partial charge in [-0.2, -0.15) is 0 Å². The SMILES string of the molecule is CN(C)c1ncc(-c2ccncc2)c(-c2ccc(CNC(=O)[C@H]3CCCO3)cc2)n1. The fraction of sp³-hybridized carbons (Fsp3) is 0.304. The minimum atomic E-state index is -0.308. The van der Waals surface area contributed by atoms with E-state index in [1.165, 1.54) is 0 Å². The number of amides is 1. The van der Waals surface area contributed by atoms with Crippen LogP contribution in [0.4, 0.5) is 5.95 Å². The largest absolute Gasteiger partial charge is 0.368 e. The summed E-state index contributed by atoms with van der Waals surface area (Å²) < 4.78 is 5.43. The van der Waals surface area contributed by atoms with Gasteiger partial charge in [0.1, 0.15) is 6.10 Å². The lowest BCUT2D eigenvalue weighted by Crippen LogP contribution is -2.33. The van der Waals surface area contributed by atoms with Crippen LogP contribution in [0.1, 0.15) is 18.4 Å². The maximum absolute atomic E-state index is 12.1. The molecule has 0 aliphatic carbocycles. The Kier molecular flexibility index (Phi) is 5.99. The first-order valence-corrected chi connectivity index (χ1v) is 10.1. The first-order valence-electron chi connectivity index (χ1n) is 10.1. The summed E-state index contributed by atoms with van der Waals surface area (Å²) in [7, 11) is 3.84. The Morgan fingerprint density at radius 1 is 1.13 bits per heavy atom. The molecule has 1 atom stereocenters. The van der Waals surface area contributed by atoms with Crippen LogP contribution >= 0.6 is 0 Å². The standard InChI is InChI=1S/C23H25N5O2/c1-28(2)23-26-15-19(17-9-11-24-12-10-17)21(27-23)18-7-5-16(6-8-18)14-25-22(29)20-4-3-13-30-20/h5-12,15,20H,3-4,13-14H2,1-2H3,(H,25,29)/t20-/m1/s1. The van der Waals surface area contributed by atoms with Crippen molar-refractivity contribution in [2.75, 3.05) is 25.6 Å². The second kappa shape index (κ2) is 9.00. The van der Waals surface area contributed by atoms with Gasteiger partial charge in [-0.25, -0.2) is 9.97 Å². The number of aromatic nitrogens is 3. The zero-order chi connectivity index (χ0) is 20.9. The molecule has 1 saturated heterocycles. The Balaban J connectivity index is 1.57. The Morgan fingerprint density at radius 3 is 2.57 bits per heavy atom. The molecule has 30 heavy (non-hydrogen) atoms. The van der Waals surface area contributed by atoms with Gasteiger partial charge in [0, 0.05) is 57.0 Å². The first-order chi connectivity index (χ1) is 14.6. The van der Waals surface area contributed by atoms with Crippen molar-refractivity contribution in [1.82, 2.24) is 20.3 Å². The molecule has 1 aliphatic rings. The van der Waals surface area contributed by atoms with E-state index in [2.05, 4.69) is 15.3 Å². The van der Waals surface area contributed by atoms with Gasteiger partial charge in [0.05, 0.1) is 5.69 Å². The molecule has 0 bridgehead atoms. The van der Waals surface area contributed by atoms with E-state index in [1.807, 2.05) is 61.6 Å². The molecule has 2 aromatic heterocycles. The van der Waals surface area contributed by atoms with Gasteiger partial charge in [-0.3, -0.25) is 9.78 Å². The number of carbonyl (C=O) groups is 1. The van der Waals surface area contributed by atoms with Crippen molar-refractivity contribution < 1.29 is 9.53 Å².